The number of nitrogens with one attached hydrogen (secondary N) is 4. The van der Waals surface area contributed by atoms with E-state index in [1.165, 1.54) is 18.7 Å². The third-order valence-corrected chi connectivity index (χ3v) is 8.72. The summed E-state index contributed by atoms with van der Waals surface area (Å²) in [5.41, 5.74) is 0. The highest BCUT2D eigenvalue weighted by molar-refractivity contribution is 7.98. The second kappa shape index (κ2) is 31.3. The molecular formula is C36H64N4O12S. The van der Waals surface area contributed by atoms with Gasteiger partial charge in [0.1, 0.15) is 12.1 Å². The molecule has 0 aliphatic rings. The lowest BCUT2D eigenvalue weighted by molar-refractivity contribution is -0.143. The second-order valence-electron chi connectivity index (χ2n) is 12.7. The van der Waals surface area contributed by atoms with E-state index in [2.05, 4.69) is 21.3 Å². The minimum atomic E-state index is -1.27. The average molecular weight is 777 g/mol. The summed E-state index contributed by atoms with van der Waals surface area (Å²) in [6.07, 6.45) is 3.28. The fourth-order valence-electron chi connectivity index (χ4n) is 4.52. The van der Waals surface area contributed by atoms with Gasteiger partial charge in [-0.15, -0.1) is 0 Å². The summed E-state index contributed by atoms with van der Waals surface area (Å²) >= 11 is 1.26. The molecule has 5 atom stereocenters. The van der Waals surface area contributed by atoms with Crippen molar-refractivity contribution in [2.75, 3.05) is 78.0 Å². The lowest BCUT2D eigenvalue weighted by Gasteiger charge is -2.24. The zero-order valence-corrected chi connectivity index (χ0v) is 33.3. The van der Waals surface area contributed by atoms with Crippen LogP contribution in [0.4, 0.5) is 0 Å². The van der Waals surface area contributed by atoms with Gasteiger partial charge in [0.15, 0.2) is 11.6 Å². The topological polar surface area (TPSA) is 225 Å². The standard InChI is InChI=1S/C36H64N4O12S/c1-7-12-49-16-18-51-14-10-32(43)37-22-28(39-34(45)25(4)9-3)30(41)20-26(5)35(46)40-29(31(42)21-27(24-53-6)36(47)48)23-38-33(44)11-15-52-19-17-50-13-8-2/h25-29H,7-24H2,1-6H3,(H,37,43)(H,38,44)(H,39,45)(H,40,46)(H,47,48)/t25-,26-,27+,28+,29+/m1/s1. The Bertz CT molecular complexity index is 1110. The molecule has 0 fully saturated rings. The van der Waals surface area contributed by atoms with Gasteiger partial charge in [-0.3, -0.25) is 33.6 Å². The Morgan fingerprint density at radius 3 is 1.42 bits per heavy atom. The number of carboxylic acids is 1. The molecule has 0 saturated carbocycles. The van der Waals surface area contributed by atoms with Crippen molar-refractivity contribution >= 4 is 52.9 Å². The van der Waals surface area contributed by atoms with Crippen LogP contribution in [0.15, 0.2) is 0 Å². The number of aliphatic carboxylic acids is 1. The number of ether oxygens (including phenoxy) is 4. The first-order valence-corrected chi connectivity index (χ1v) is 19.9. The van der Waals surface area contributed by atoms with Crippen LogP contribution in [0.5, 0.6) is 0 Å². The highest BCUT2D eigenvalue weighted by Gasteiger charge is 2.31. The summed E-state index contributed by atoms with van der Waals surface area (Å²) < 4.78 is 21.4. The molecule has 16 nitrogen and oxygen atoms in total. The normalized spacial score (nSPS) is 13.9. The van der Waals surface area contributed by atoms with Gasteiger partial charge >= 0.3 is 5.97 Å². The maximum Gasteiger partial charge on any atom is 0.307 e. The molecule has 0 unspecified atom stereocenters. The van der Waals surface area contributed by atoms with E-state index in [1.807, 2.05) is 20.8 Å². The van der Waals surface area contributed by atoms with Crippen molar-refractivity contribution in [3.63, 3.8) is 0 Å². The van der Waals surface area contributed by atoms with Gasteiger partial charge in [0.25, 0.3) is 0 Å². The maximum atomic E-state index is 13.4. The molecule has 0 aliphatic heterocycles. The van der Waals surface area contributed by atoms with Crippen molar-refractivity contribution in [3.05, 3.63) is 0 Å². The number of ketones is 2. The minimum absolute atomic E-state index is 0.0148. The van der Waals surface area contributed by atoms with Crippen LogP contribution >= 0.6 is 11.8 Å². The molecule has 0 aromatic carbocycles. The van der Waals surface area contributed by atoms with Gasteiger partial charge in [0, 0.05) is 69.6 Å². The molecular weight excluding hydrogens is 712 g/mol. The molecule has 5 N–H and O–H groups in total. The number of Topliss-reactive ketones (excluding diaryl/α,β-unsaturated/α-hetero) is 2. The summed E-state index contributed by atoms with van der Waals surface area (Å²) in [5.74, 6) is -6.41. The molecule has 0 aromatic rings. The maximum absolute atomic E-state index is 13.4. The second-order valence-corrected chi connectivity index (χ2v) is 13.6. The lowest BCUT2D eigenvalue weighted by atomic mass is 9.96. The molecule has 0 heterocycles. The lowest BCUT2D eigenvalue weighted by Crippen LogP contribution is -2.52. The fourth-order valence-corrected chi connectivity index (χ4v) is 5.18. The van der Waals surface area contributed by atoms with Crippen LogP contribution < -0.4 is 21.3 Å². The van der Waals surface area contributed by atoms with Crippen molar-refractivity contribution in [1.82, 2.24) is 21.3 Å². The van der Waals surface area contributed by atoms with Gasteiger partial charge in [0.05, 0.1) is 45.6 Å². The smallest absolute Gasteiger partial charge is 0.307 e. The monoisotopic (exact) mass is 776 g/mol. The Hall–Kier alpha value is -3.12. The summed E-state index contributed by atoms with van der Waals surface area (Å²) in [6.45, 7) is 11.4. The fraction of sp³-hybridized carbons (Fsp3) is 0.806. The van der Waals surface area contributed by atoms with Crippen molar-refractivity contribution < 1.29 is 57.6 Å². The van der Waals surface area contributed by atoms with Gasteiger partial charge in [0.2, 0.25) is 23.6 Å². The van der Waals surface area contributed by atoms with Gasteiger partial charge in [-0.1, -0.05) is 34.6 Å². The molecule has 0 bridgehead atoms. The van der Waals surface area contributed by atoms with E-state index >= 15 is 0 Å². The predicted molar refractivity (Wildman–Crippen MR) is 200 cm³/mol. The Morgan fingerprint density at radius 1 is 0.604 bits per heavy atom. The molecule has 53 heavy (non-hydrogen) atoms. The quantitative estimate of drug-likeness (QED) is 0.0586. The van der Waals surface area contributed by atoms with Crippen LogP contribution in [0, 0.1) is 17.8 Å². The zero-order valence-electron chi connectivity index (χ0n) is 32.5. The van der Waals surface area contributed by atoms with Crippen molar-refractivity contribution in [2.45, 2.75) is 91.6 Å². The van der Waals surface area contributed by atoms with E-state index in [1.54, 1.807) is 13.2 Å². The number of amides is 4. The first kappa shape index (κ1) is 49.9. The van der Waals surface area contributed by atoms with E-state index in [9.17, 15) is 38.7 Å². The molecule has 0 rings (SSSR count). The summed E-state index contributed by atoms with van der Waals surface area (Å²) in [7, 11) is 0. The van der Waals surface area contributed by atoms with Crippen molar-refractivity contribution in [3.8, 4) is 0 Å². The van der Waals surface area contributed by atoms with Gasteiger partial charge in [-0.2, -0.15) is 11.8 Å². The van der Waals surface area contributed by atoms with E-state index in [4.69, 9.17) is 18.9 Å². The number of carbonyl (C=O) groups is 7. The van der Waals surface area contributed by atoms with E-state index in [-0.39, 0.29) is 63.6 Å². The zero-order chi connectivity index (χ0) is 40.0. The SMILES string of the molecule is CCCOCCOCCC(=O)NC[C@H](NC(=O)[C@H](C)CC)C(=O)C[C@@H](C)C(=O)N[C@@H](CNC(=O)CCOCCOCCC)C(=O)C[C@@H](CSC)C(=O)O. The number of hydrogen-bond acceptors (Lipinski definition) is 12. The summed E-state index contributed by atoms with van der Waals surface area (Å²) in [4.78, 5) is 89.5. The number of rotatable bonds is 34. The van der Waals surface area contributed by atoms with Crippen LogP contribution in [0.3, 0.4) is 0 Å². The largest absolute Gasteiger partial charge is 0.481 e. The predicted octanol–water partition coefficient (Wildman–Crippen LogP) is 1.52. The van der Waals surface area contributed by atoms with E-state index in [0.717, 1.165) is 12.8 Å². The highest BCUT2D eigenvalue weighted by atomic mass is 32.2. The van der Waals surface area contributed by atoms with Crippen LogP contribution in [-0.2, 0) is 52.5 Å². The van der Waals surface area contributed by atoms with Crippen LogP contribution in [-0.4, -0.2) is 136 Å². The van der Waals surface area contributed by atoms with Crippen LogP contribution in [0.2, 0.25) is 0 Å². The van der Waals surface area contributed by atoms with E-state index < -0.39 is 65.1 Å². The summed E-state index contributed by atoms with van der Waals surface area (Å²) in [5, 5.41) is 20.1. The Kier molecular flexibility index (Phi) is 29.4. The number of carboxylic acid groups (broad SMARTS) is 1. The average Bonchev–Trinajstić information content (AvgIpc) is 3.13. The van der Waals surface area contributed by atoms with Crippen LogP contribution in [0.25, 0.3) is 0 Å². The van der Waals surface area contributed by atoms with Gasteiger partial charge in [-0.25, -0.2) is 0 Å². The number of hydrogen-bond donors (Lipinski definition) is 5. The number of thioether (sulfide) groups is 1. The van der Waals surface area contributed by atoms with Gasteiger partial charge < -0.3 is 45.3 Å². The van der Waals surface area contributed by atoms with E-state index in [0.29, 0.717) is 46.1 Å². The molecule has 0 aromatic heterocycles. The Balaban J connectivity index is 5.49. The minimum Gasteiger partial charge on any atom is -0.481 e. The Labute approximate surface area is 318 Å². The first-order valence-electron chi connectivity index (χ1n) is 18.5. The highest BCUT2D eigenvalue weighted by Crippen LogP contribution is 2.14. The van der Waals surface area contributed by atoms with Gasteiger partial charge in [-0.05, 0) is 25.5 Å². The van der Waals surface area contributed by atoms with Crippen molar-refractivity contribution in [1.29, 1.82) is 0 Å². The number of carbonyl (C=O) groups excluding carboxylic acids is 6. The first-order chi connectivity index (χ1) is 25.3. The molecule has 17 heteroatoms. The molecule has 0 radical (unpaired) electrons. The third-order valence-electron chi connectivity index (χ3n) is 7.98. The summed E-state index contributed by atoms with van der Waals surface area (Å²) in [6, 6.07) is -2.39. The molecule has 306 valence electrons. The Morgan fingerprint density at radius 2 is 1.02 bits per heavy atom. The molecule has 0 aliphatic carbocycles. The molecule has 0 spiro atoms. The third kappa shape index (κ3) is 24.8. The van der Waals surface area contributed by atoms with Crippen molar-refractivity contribution in [2.24, 2.45) is 17.8 Å². The molecule has 4 amide bonds. The molecule has 0 saturated heterocycles. The van der Waals surface area contributed by atoms with Crippen LogP contribution in [0.1, 0.15) is 79.6 Å².